The standard InChI is InChI=1S/C16H18N2O2/c1-12-4-3-5-14(10-12)20-9-8-16(19)18-15-7-6-13(2)11-17-15/h3-7,10-11H,8-9H2,1-2H3,(H,17,18,19). The highest BCUT2D eigenvalue weighted by molar-refractivity contribution is 5.89. The first-order chi connectivity index (χ1) is 9.63. The lowest BCUT2D eigenvalue weighted by molar-refractivity contribution is -0.116. The predicted molar refractivity (Wildman–Crippen MR) is 78.9 cm³/mol. The smallest absolute Gasteiger partial charge is 0.228 e. The zero-order chi connectivity index (χ0) is 14.4. The van der Waals surface area contributed by atoms with Crippen LogP contribution < -0.4 is 10.1 Å². The topological polar surface area (TPSA) is 51.2 Å². The van der Waals surface area contributed by atoms with Crippen LogP contribution in [0, 0.1) is 13.8 Å². The minimum Gasteiger partial charge on any atom is -0.493 e. The van der Waals surface area contributed by atoms with Crippen LogP contribution in [0.15, 0.2) is 42.6 Å². The fraction of sp³-hybridized carbons (Fsp3) is 0.250. The van der Waals surface area contributed by atoms with Gasteiger partial charge in [-0.3, -0.25) is 4.79 Å². The van der Waals surface area contributed by atoms with Crippen LogP contribution in [0.3, 0.4) is 0 Å². The van der Waals surface area contributed by atoms with Crippen molar-refractivity contribution < 1.29 is 9.53 Å². The number of nitrogens with zero attached hydrogens (tertiary/aromatic N) is 1. The Morgan fingerprint density at radius 3 is 2.75 bits per heavy atom. The molecular weight excluding hydrogens is 252 g/mol. The van der Waals surface area contributed by atoms with Crippen LogP contribution in [-0.2, 0) is 4.79 Å². The van der Waals surface area contributed by atoms with Crippen molar-refractivity contribution in [3.05, 3.63) is 53.7 Å². The zero-order valence-corrected chi connectivity index (χ0v) is 11.7. The van der Waals surface area contributed by atoms with Crippen LogP contribution in [0.1, 0.15) is 17.5 Å². The molecule has 0 saturated heterocycles. The summed E-state index contributed by atoms with van der Waals surface area (Å²) in [6.45, 7) is 4.30. The maximum atomic E-state index is 11.7. The summed E-state index contributed by atoms with van der Waals surface area (Å²) in [4.78, 5) is 15.8. The van der Waals surface area contributed by atoms with Gasteiger partial charge in [-0.2, -0.15) is 0 Å². The fourth-order valence-corrected chi connectivity index (χ4v) is 1.71. The van der Waals surface area contributed by atoms with E-state index in [4.69, 9.17) is 4.74 Å². The lowest BCUT2D eigenvalue weighted by Crippen LogP contribution is -2.15. The molecule has 0 spiro atoms. The van der Waals surface area contributed by atoms with Gasteiger partial charge in [0, 0.05) is 6.20 Å². The van der Waals surface area contributed by atoms with Gasteiger partial charge in [-0.1, -0.05) is 18.2 Å². The number of hydrogen-bond acceptors (Lipinski definition) is 3. The summed E-state index contributed by atoms with van der Waals surface area (Å²) in [5.74, 6) is 1.25. The molecular formula is C16H18N2O2. The van der Waals surface area contributed by atoms with Crippen molar-refractivity contribution in [1.82, 2.24) is 4.98 Å². The zero-order valence-electron chi connectivity index (χ0n) is 11.7. The van der Waals surface area contributed by atoms with Crippen LogP contribution >= 0.6 is 0 Å². The Labute approximate surface area is 118 Å². The first-order valence-electron chi connectivity index (χ1n) is 6.55. The number of pyridine rings is 1. The summed E-state index contributed by atoms with van der Waals surface area (Å²) in [6, 6.07) is 11.5. The second kappa shape index (κ2) is 6.70. The van der Waals surface area contributed by atoms with Gasteiger partial charge in [-0.05, 0) is 43.2 Å². The van der Waals surface area contributed by atoms with Crippen molar-refractivity contribution in [2.24, 2.45) is 0 Å². The number of anilines is 1. The van der Waals surface area contributed by atoms with E-state index < -0.39 is 0 Å². The van der Waals surface area contributed by atoms with Gasteiger partial charge in [-0.15, -0.1) is 0 Å². The molecule has 0 aliphatic carbocycles. The van der Waals surface area contributed by atoms with Crippen LogP contribution in [-0.4, -0.2) is 17.5 Å². The Hall–Kier alpha value is -2.36. The third-order valence-electron chi connectivity index (χ3n) is 2.77. The van der Waals surface area contributed by atoms with Gasteiger partial charge >= 0.3 is 0 Å². The molecule has 0 aliphatic rings. The molecule has 4 nitrogen and oxygen atoms in total. The largest absolute Gasteiger partial charge is 0.493 e. The normalized spacial score (nSPS) is 10.1. The van der Waals surface area contributed by atoms with E-state index in [9.17, 15) is 4.79 Å². The van der Waals surface area contributed by atoms with Crippen molar-refractivity contribution in [2.45, 2.75) is 20.3 Å². The molecule has 2 aromatic rings. The first-order valence-corrected chi connectivity index (χ1v) is 6.55. The summed E-state index contributed by atoms with van der Waals surface area (Å²) < 4.78 is 5.53. The lowest BCUT2D eigenvalue weighted by Gasteiger charge is -2.07. The average molecular weight is 270 g/mol. The maximum absolute atomic E-state index is 11.7. The Morgan fingerprint density at radius 1 is 1.20 bits per heavy atom. The number of carbonyl (C=O) groups excluding carboxylic acids is 1. The van der Waals surface area contributed by atoms with Gasteiger partial charge in [-0.25, -0.2) is 4.98 Å². The molecule has 1 aromatic carbocycles. The SMILES string of the molecule is Cc1ccc(NC(=O)CCOc2cccc(C)c2)nc1. The highest BCUT2D eigenvalue weighted by atomic mass is 16.5. The van der Waals surface area contributed by atoms with Crippen LogP contribution in [0.2, 0.25) is 0 Å². The van der Waals surface area contributed by atoms with Gasteiger partial charge < -0.3 is 10.1 Å². The van der Waals surface area contributed by atoms with Crippen LogP contribution in [0.5, 0.6) is 5.75 Å². The molecule has 0 atom stereocenters. The number of nitrogens with one attached hydrogen (secondary N) is 1. The predicted octanol–water partition coefficient (Wildman–Crippen LogP) is 3.11. The van der Waals surface area contributed by atoms with Crippen molar-refractivity contribution in [2.75, 3.05) is 11.9 Å². The molecule has 2 rings (SSSR count). The fourth-order valence-electron chi connectivity index (χ4n) is 1.71. The van der Waals surface area contributed by atoms with Crippen LogP contribution in [0.25, 0.3) is 0 Å². The van der Waals surface area contributed by atoms with Gasteiger partial charge in [0.05, 0.1) is 13.0 Å². The molecule has 1 aromatic heterocycles. The highest BCUT2D eigenvalue weighted by Crippen LogP contribution is 2.12. The Kier molecular flexibility index (Phi) is 4.71. The molecule has 0 aliphatic heterocycles. The lowest BCUT2D eigenvalue weighted by atomic mass is 10.2. The number of aromatic nitrogens is 1. The van der Waals surface area contributed by atoms with E-state index in [1.54, 1.807) is 12.3 Å². The van der Waals surface area contributed by atoms with E-state index in [1.807, 2.05) is 44.2 Å². The Morgan fingerprint density at radius 2 is 2.05 bits per heavy atom. The van der Waals surface area contributed by atoms with E-state index in [-0.39, 0.29) is 5.91 Å². The second-order valence-electron chi connectivity index (χ2n) is 4.68. The Bertz CT molecular complexity index is 579. The molecule has 1 N–H and O–H groups in total. The monoisotopic (exact) mass is 270 g/mol. The molecule has 0 radical (unpaired) electrons. The van der Waals surface area contributed by atoms with Gasteiger partial charge in [0.25, 0.3) is 0 Å². The number of aryl methyl sites for hydroxylation is 2. The highest BCUT2D eigenvalue weighted by Gasteiger charge is 2.03. The second-order valence-corrected chi connectivity index (χ2v) is 4.68. The number of ether oxygens (including phenoxy) is 1. The van der Waals surface area contributed by atoms with Crippen molar-refractivity contribution in [3.63, 3.8) is 0 Å². The molecule has 0 fully saturated rings. The molecule has 0 saturated carbocycles. The summed E-state index contributed by atoms with van der Waals surface area (Å²) in [7, 11) is 0. The van der Waals surface area contributed by atoms with Crippen LogP contribution in [0.4, 0.5) is 5.82 Å². The summed E-state index contributed by atoms with van der Waals surface area (Å²) in [5.41, 5.74) is 2.20. The third kappa shape index (κ3) is 4.39. The van der Waals surface area contributed by atoms with E-state index in [1.165, 1.54) is 0 Å². The molecule has 0 unspecified atom stereocenters. The quantitative estimate of drug-likeness (QED) is 0.908. The summed E-state index contributed by atoms with van der Waals surface area (Å²) in [6.07, 6.45) is 2.02. The number of rotatable bonds is 5. The summed E-state index contributed by atoms with van der Waals surface area (Å²) in [5, 5.41) is 2.74. The van der Waals surface area contributed by atoms with Crippen molar-refractivity contribution >= 4 is 11.7 Å². The van der Waals surface area contributed by atoms with E-state index >= 15 is 0 Å². The van der Waals surface area contributed by atoms with Gasteiger partial charge in [0.1, 0.15) is 11.6 Å². The molecule has 1 heterocycles. The van der Waals surface area contributed by atoms with Gasteiger partial charge in [0.2, 0.25) is 5.91 Å². The van der Waals surface area contributed by atoms with Crippen molar-refractivity contribution in [1.29, 1.82) is 0 Å². The first kappa shape index (κ1) is 14.1. The van der Waals surface area contributed by atoms with Gasteiger partial charge in [0.15, 0.2) is 0 Å². The number of hydrogen-bond donors (Lipinski definition) is 1. The van der Waals surface area contributed by atoms with E-state index in [0.29, 0.717) is 18.8 Å². The number of benzene rings is 1. The third-order valence-corrected chi connectivity index (χ3v) is 2.77. The number of carbonyl (C=O) groups is 1. The molecule has 0 bridgehead atoms. The minimum absolute atomic E-state index is 0.103. The molecule has 104 valence electrons. The van der Waals surface area contributed by atoms with E-state index in [0.717, 1.165) is 16.9 Å². The maximum Gasteiger partial charge on any atom is 0.228 e. The number of amides is 1. The Balaban J connectivity index is 1.76. The van der Waals surface area contributed by atoms with Crippen molar-refractivity contribution in [3.8, 4) is 5.75 Å². The van der Waals surface area contributed by atoms with E-state index in [2.05, 4.69) is 10.3 Å². The molecule has 20 heavy (non-hydrogen) atoms. The minimum atomic E-state index is -0.103. The molecule has 4 heteroatoms. The average Bonchev–Trinajstić information content (AvgIpc) is 2.41. The summed E-state index contributed by atoms with van der Waals surface area (Å²) >= 11 is 0. The molecule has 1 amide bonds.